The SMILES string of the molecule is CCN1CCN(CCC(=O)c2ccc(Cl)cc2)CC1C. The van der Waals surface area contributed by atoms with E-state index < -0.39 is 0 Å². The van der Waals surface area contributed by atoms with Gasteiger partial charge >= 0.3 is 0 Å². The van der Waals surface area contributed by atoms with Crippen LogP contribution in [-0.2, 0) is 0 Å². The second-order valence-corrected chi connectivity index (χ2v) is 5.89. The lowest BCUT2D eigenvalue weighted by Gasteiger charge is -2.39. The van der Waals surface area contributed by atoms with Gasteiger partial charge in [0.15, 0.2) is 5.78 Å². The van der Waals surface area contributed by atoms with Crippen molar-refractivity contribution in [2.45, 2.75) is 26.3 Å². The molecule has 1 aromatic rings. The number of hydrogen-bond acceptors (Lipinski definition) is 3. The number of nitrogens with zero attached hydrogens (tertiary/aromatic N) is 2. The molecule has 110 valence electrons. The highest BCUT2D eigenvalue weighted by atomic mass is 35.5. The number of ketones is 1. The molecule has 1 fully saturated rings. The summed E-state index contributed by atoms with van der Waals surface area (Å²) in [5.74, 6) is 0.201. The third-order valence-electron chi connectivity index (χ3n) is 4.08. The zero-order valence-electron chi connectivity index (χ0n) is 12.3. The molecule has 0 aliphatic carbocycles. The molecule has 1 heterocycles. The molecule has 0 bridgehead atoms. The van der Waals surface area contributed by atoms with Gasteiger partial charge in [-0.05, 0) is 37.7 Å². The van der Waals surface area contributed by atoms with Crippen molar-refractivity contribution in [3.63, 3.8) is 0 Å². The molecule has 1 aliphatic heterocycles. The molecule has 0 spiro atoms. The summed E-state index contributed by atoms with van der Waals surface area (Å²) < 4.78 is 0. The molecule has 2 rings (SSSR count). The van der Waals surface area contributed by atoms with Gasteiger partial charge in [0.1, 0.15) is 0 Å². The van der Waals surface area contributed by atoms with E-state index in [2.05, 4.69) is 23.6 Å². The van der Waals surface area contributed by atoms with Crippen LogP contribution in [0, 0.1) is 0 Å². The highest BCUT2D eigenvalue weighted by Gasteiger charge is 2.22. The van der Waals surface area contributed by atoms with Crippen LogP contribution in [0.4, 0.5) is 0 Å². The van der Waals surface area contributed by atoms with Crippen LogP contribution >= 0.6 is 11.6 Å². The van der Waals surface area contributed by atoms with Gasteiger partial charge in [-0.25, -0.2) is 0 Å². The zero-order valence-corrected chi connectivity index (χ0v) is 13.1. The van der Waals surface area contributed by atoms with Crippen LogP contribution in [0.1, 0.15) is 30.6 Å². The van der Waals surface area contributed by atoms with E-state index in [1.807, 2.05) is 12.1 Å². The van der Waals surface area contributed by atoms with Gasteiger partial charge < -0.3 is 4.90 Å². The number of Topliss-reactive ketones (excluding diaryl/α,β-unsaturated/α-hetero) is 1. The Labute approximate surface area is 126 Å². The minimum Gasteiger partial charge on any atom is -0.300 e. The van der Waals surface area contributed by atoms with Crippen LogP contribution < -0.4 is 0 Å². The summed E-state index contributed by atoms with van der Waals surface area (Å²) in [5, 5.41) is 0.672. The summed E-state index contributed by atoms with van der Waals surface area (Å²) in [6.07, 6.45) is 0.584. The van der Waals surface area contributed by atoms with Crippen molar-refractivity contribution in [3.05, 3.63) is 34.9 Å². The summed E-state index contributed by atoms with van der Waals surface area (Å²) in [6.45, 7) is 9.65. The number of rotatable bonds is 5. The molecule has 0 saturated carbocycles. The number of benzene rings is 1. The Kier molecular flexibility index (Phi) is 5.58. The maximum Gasteiger partial charge on any atom is 0.164 e. The number of halogens is 1. The van der Waals surface area contributed by atoms with Crippen molar-refractivity contribution >= 4 is 17.4 Å². The molecule has 1 saturated heterocycles. The molecule has 0 amide bonds. The van der Waals surface area contributed by atoms with Gasteiger partial charge in [-0.15, -0.1) is 0 Å². The number of carbonyl (C=O) groups is 1. The van der Waals surface area contributed by atoms with Crippen molar-refractivity contribution in [1.82, 2.24) is 9.80 Å². The van der Waals surface area contributed by atoms with Crippen LogP contribution in [0.3, 0.4) is 0 Å². The van der Waals surface area contributed by atoms with Crippen LogP contribution in [0.25, 0.3) is 0 Å². The van der Waals surface area contributed by atoms with Crippen molar-refractivity contribution in [2.24, 2.45) is 0 Å². The van der Waals surface area contributed by atoms with Gasteiger partial charge in [-0.2, -0.15) is 0 Å². The summed E-state index contributed by atoms with van der Waals surface area (Å²) in [4.78, 5) is 17.0. The molecule has 1 atom stereocenters. The molecule has 0 aromatic heterocycles. The normalized spacial score (nSPS) is 21.1. The number of likely N-dealkylation sites (N-methyl/N-ethyl adjacent to an activating group) is 1. The fourth-order valence-corrected chi connectivity index (χ4v) is 2.91. The average Bonchev–Trinajstić information content (AvgIpc) is 2.45. The first-order valence-electron chi connectivity index (χ1n) is 7.35. The molecule has 1 aliphatic rings. The van der Waals surface area contributed by atoms with E-state index >= 15 is 0 Å². The van der Waals surface area contributed by atoms with Crippen molar-refractivity contribution in [2.75, 3.05) is 32.7 Å². The summed E-state index contributed by atoms with van der Waals surface area (Å²) in [7, 11) is 0. The molecular formula is C16H23ClN2O. The first-order valence-corrected chi connectivity index (χ1v) is 7.73. The monoisotopic (exact) mass is 294 g/mol. The van der Waals surface area contributed by atoms with E-state index in [0.29, 0.717) is 17.5 Å². The van der Waals surface area contributed by atoms with Gasteiger partial charge in [0, 0.05) is 49.2 Å². The van der Waals surface area contributed by atoms with Gasteiger partial charge in [-0.3, -0.25) is 9.69 Å². The van der Waals surface area contributed by atoms with Crippen LogP contribution in [0.15, 0.2) is 24.3 Å². The Bertz CT molecular complexity index is 446. The van der Waals surface area contributed by atoms with Crippen LogP contribution in [0.2, 0.25) is 5.02 Å². The molecule has 0 N–H and O–H groups in total. The first-order chi connectivity index (χ1) is 9.60. The van der Waals surface area contributed by atoms with Gasteiger partial charge in [0.25, 0.3) is 0 Å². The average molecular weight is 295 g/mol. The lowest BCUT2D eigenvalue weighted by atomic mass is 10.1. The molecule has 1 unspecified atom stereocenters. The number of hydrogen-bond donors (Lipinski definition) is 0. The highest BCUT2D eigenvalue weighted by molar-refractivity contribution is 6.30. The highest BCUT2D eigenvalue weighted by Crippen LogP contribution is 2.13. The largest absolute Gasteiger partial charge is 0.300 e. The molecule has 3 nitrogen and oxygen atoms in total. The maximum absolute atomic E-state index is 12.1. The first kappa shape index (κ1) is 15.5. The maximum atomic E-state index is 12.1. The number of carbonyl (C=O) groups excluding carboxylic acids is 1. The topological polar surface area (TPSA) is 23.6 Å². The standard InChI is InChI=1S/C16H23ClN2O/c1-3-19-11-10-18(12-13(19)2)9-8-16(20)14-4-6-15(17)7-5-14/h4-7,13H,3,8-12H2,1-2H3. The second-order valence-electron chi connectivity index (χ2n) is 5.46. The predicted octanol–water partition coefficient (Wildman–Crippen LogP) is 2.94. The summed E-state index contributed by atoms with van der Waals surface area (Å²) in [5.41, 5.74) is 0.759. The molecule has 1 aromatic carbocycles. The Morgan fingerprint density at radius 1 is 1.30 bits per heavy atom. The van der Waals surface area contributed by atoms with Gasteiger partial charge in [0.05, 0.1) is 0 Å². The van der Waals surface area contributed by atoms with E-state index in [9.17, 15) is 4.79 Å². The zero-order chi connectivity index (χ0) is 14.5. The smallest absolute Gasteiger partial charge is 0.164 e. The molecule has 0 radical (unpaired) electrons. The quantitative estimate of drug-likeness (QED) is 0.780. The van der Waals surface area contributed by atoms with E-state index in [0.717, 1.165) is 38.3 Å². The van der Waals surface area contributed by atoms with E-state index in [4.69, 9.17) is 11.6 Å². The van der Waals surface area contributed by atoms with Crippen molar-refractivity contribution in [1.29, 1.82) is 0 Å². The van der Waals surface area contributed by atoms with Gasteiger partial charge in [0.2, 0.25) is 0 Å². The fourth-order valence-electron chi connectivity index (χ4n) is 2.78. The van der Waals surface area contributed by atoms with Crippen LogP contribution in [0.5, 0.6) is 0 Å². The van der Waals surface area contributed by atoms with Gasteiger partial charge in [-0.1, -0.05) is 18.5 Å². The predicted molar refractivity (Wildman–Crippen MR) is 83.5 cm³/mol. The summed E-state index contributed by atoms with van der Waals surface area (Å²) >= 11 is 5.83. The third-order valence-corrected chi connectivity index (χ3v) is 4.33. The number of piperazine rings is 1. The van der Waals surface area contributed by atoms with Crippen molar-refractivity contribution in [3.8, 4) is 0 Å². The Balaban J connectivity index is 1.81. The lowest BCUT2D eigenvalue weighted by Crippen LogP contribution is -2.51. The fraction of sp³-hybridized carbons (Fsp3) is 0.562. The van der Waals surface area contributed by atoms with Crippen molar-refractivity contribution < 1.29 is 4.79 Å². The van der Waals surface area contributed by atoms with E-state index in [1.165, 1.54) is 0 Å². The third kappa shape index (κ3) is 4.05. The molecule has 4 heteroatoms. The Morgan fingerprint density at radius 3 is 2.60 bits per heavy atom. The lowest BCUT2D eigenvalue weighted by molar-refractivity contribution is 0.0796. The van der Waals surface area contributed by atoms with Crippen LogP contribution in [-0.4, -0.2) is 54.3 Å². The Morgan fingerprint density at radius 2 is 2.00 bits per heavy atom. The molecular weight excluding hydrogens is 272 g/mol. The molecule has 20 heavy (non-hydrogen) atoms. The van der Waals surface area contributed by atoms with E-state index in [-0.39, 0.29) is 5.78 Å². The minimum absolute atomic E-state index is 0.201. The second kappa shape index (κ2) is 7.21. The van der Waals surface area contributed by atoms with E-state index in [1.54, 1.807) is 12.1 Å². The Hall–Kier alpha value is -0.900. The minimum atomic E-state index is 0.201. The summed E-state index contributed by atoms with van der Waals surface area (Å²) in [6, 6.07) is 7.75.